The predicted octanol–water partition coefficient (Wildman–Crippen LogP) is 11.8. The molecule has 0 saturated heterocycles. The van der Waals surface area contributed by atoms with Gasteiger partial charge in [0.2, 0.25) is 0 Å². The minimum atomic E-state index is -0.534. The van der Waals surface area contributed by atoms with Crippen LogP contribution in [0, 0.1) is 11.6 Å². The molecule has 0 unspecified atom stereocenters. The van der Waals surface area contributed by atoms with Crippen molar-refractivity contribution in [3.05, 3.63) is 176 Å². The number of aromatic nitrogens is 7. The molecule has 9 heteroatoms. The van der Waals surface area contributed by atoms with Gasteiger partial charge in [-0.05, 0) is 76.5 Å². The van der Waals surface area contributed by atoms with Gasteiger partial charge in [-0.25, -0.2) is 23.7 Å². The molecule has 272 valence electrons. The second-order valence-electron chi connectivity index (χ2n) is 14.1. The van der Waals surface area contributed by atoms with E-state index in [0.29, 0.717) is 16.7 Å². The Morgan fingerprint density at radius 3 is 1.31 bits per heavy atom. The fourth-order valence-electron chi connectivity index (χ4n) is 7.62. The van der Waals surface area contributed by atoms with Crippen molar-refractivity contribution in [3.8, 4) is 56.4 Å². The van der Waals surface area contributed by atoms with Crippen LogP contribution in [0.15, 0.2) is 164 Å². The second kappa shape index (κ2) is 13.4. The van der Waals surface area contributed by atoms with Crippen molar-refractivity contribution in [2.45, 2.75) is 0 Å². The Hall–Kier alpha value is -7.91. The number of halogens is 2. The average molecular weight is 752 g/mol. The highest BCUT2D eigenvalue weighted by Gasteiger charge is 2.20. The normalized spacial score (nSPS) is 11.6. The summed E-state index contributed by atoms with van der Waals surface area (Å²) in [5.74, 6) is -0.666. The van der Waals surface area contributed by atoms with Gasteiger partial charge in [-0.15, -0.1) is 0 Å². The molecule has 0 aliphatic rings. The zero-order valence-corrected chi connectivity index (χ0v) is 30.5. The summed E-state index contributed by atoms with van der Waals surface area (Å²) >= 11 is 0. The molecule has 5 aromatic heterocycles. The topological polar surface area (TPSA) is 90.2 Å². The van der Waals surface area contributed by atoms with E-state index in [1.165, 1.54) is 12.1 Å². The zero-order valence-electron chi connectivity index (χ0n) is 30.5. The van der Waals surface area contributed by atoms with Crippen LogP contribution in [0.2, 0.25) is 0 Å². The molecule has 0 radical (unpaired) electrons. The number of pyridine rings is 4. The van der Waals surface area contributed by atoms with Gasteiger partial charge in [0, 0.05) is 63.0 Å². The molecule has 0 N–H and O–H groups in total. The molecular formula is C49H27F2N7. The van der Waals surface area contributed by atoms with E-state index in [9.17, 15) is 0 Å². The fourth-order valence-corrected chi connectivity index (χ4v) is 7.62. The Labute approximate surface area is 329 Å². The molecular weight excluding hydrogens is 725 g/mol. The summed E-state index contributed by atoms with van der Waals surface area (Å²) in [6.07, 6.45) is 7.02. The van der Waals surface area contributed by atoms with Crippen molar-refractivity contribution in [1.82, 2.24) is 34.9 Å². The number of hydrogen-bond acceptors (Lipinski definition) is 7. The summed E-state index contributed by atoms with van der Waals surface area (Å²) in [7, 11) is 0. The van der Waals surface area contributed by atoms with Crippen LogP contribution in [0.3, 0.4) is 0 Å². The molecule has 0 saturated carbocycles. The smallest absolute Gasteiger partial charge is 0.167 e. The van der Waals surface area contributed by atoms with E-state index in [4.69, 9.17) is 24.9 Å². The summed E-state index contributed by atoms with van der Waals surface area (Å²) in [4.78, 5) is 33.1. The van der Waals surface area contributed by atoms with E-state index in [1.807, 2.05) is 103 Å². The number of nitrogens with zero attached hydrogens (tertiary/aromatic N) is 7. The lowest BCUT2D eigenvalue weighted by Gasteiger charge is -2.12. The summed E-state index contributed by atoms with van der Waals surface area (Å²) in [6.45, 7) is 0. The van der Waals surface area contributed by atoms with Crippen molar-refractivity contribution in [1.29, 1.82) is 0 Å². The summed E-state index contributed by atoms with van der Waals surface area (Å²) < 4.78 is 32.1. The lowest BCUT2D eigenvalue weighted by atomic mass is 10.0. The first kappa shape index (κ1) is 33.4. The quantitative estimate of drug-likeness (QED) is 0.162. The van der Waals surface area contributed by atoms with Gasteiger partial charge in [0.25, 0.3) is 0 Å². The first-order valence-electron chi connectivity index (χ1n) is 18.7. The van der Waals surface area contributed by atoms with Crippen LogP contribution in [0.4, 0.5) is 8.78 Å². The van der Waals surface area contributed by atoms with Gasteiger partial charge in [-0.2, -0.15) is 0 Å². The second-order valence-corrected chi connectivity index (χ2v) is 14.1. The highest BCUT2D eigenvalue weighted by molar-refractivity contribution is 6.04. The third-order valence-corrected chi connectivity index (χ3v) is 10.6. The molecule has 11 rings (SSSR count). The molecule has 0 spiro atoms. The molecule has 0 fully saturated rings. The van der Waals surface area contributed by atoms with Gasteiger partial charge in [-0.3, -0.25) is 19.9 Å². The van der Waals surface area contributed by atoms with Crippen LogP contribution in [0.1, 0.15) is 0 Å². The van der Waals surface area contributed by atoms with Crippen molar-refractivity contribution < 1.29 is 8.78 Å². The molecule has 0 amide bonds. The Bertz CT molecular complexity index is 3270. The van der Waals surface area contributed by atoms with Crippen molar-refractivity contribution in [2.75, 3.05) is 0 Å². The molecule has 6 aromatic carbocycles. The summed E-state index contributed by atoms with van der Waals surface area (Å²) in [5, 5.41) is 5.81. The molecule has 11 aromatic rings. The Balaban J connectivity index is 1.06. The minimum Gasteiger partial charge on any atom is -0.254 e. The lowest BCUT2D eigenvalue weighted by Crippen LogP contribution is -2.03. The largest absolute Gasteiger partial charge is 0.254 e. The highest BCUT2D eigenvalue weighted by Crippen LogP contribution is 2.35. The van der Waals surface area contributed by atoms with Gasteiger partial charge in [-0.1, -0.05) is 84.9 Å². The summed E-state index contributed by atoms with van der Waals surface area (Å²) in [6, 6.07) is 43.2. The Morgan fingerprint density at radius 1 is 0.310 bits per heavy atom. The van der Waals surface area contributed by atoms with E-state index in [0.717, 1.165) is 65.5 Å². The number of benzene rings is 6. The van der Waals surface area contributed by atoms with E-state index >= 15 is 8.78 Å². The monoisotopic (exact) mass is 751 g/mol. The zero-order chi connectivity index (χ0) is 38.7. The van der Waals surface area contributed by atoms with Crippen LogP contribution < -0.4 is 0 Å². The van der Waals surface area contributed by atoms with Crippen LogP contribution in [-0.2, 0) is 0 Å². The van der Waals surface area contributed by atoms with Gasteiger partial charge in [0.05, 0.1) is 33.2 Å². The summed E-state index contributed by atoms with van der Waals surface area (Å²) in [5.41, 5.74) is 7.10. The van der Waals surface area contributed by atoms with Crippen molar-refractivity contribution >= 4 is 54.4 Å². The number of hydrogen-bond donors (Lipinski definition) is 0. The highest BCUT2D eigenvalue weighted by atomic mass is 19.1. The molecule has 7 nitrogen and oxygen atoms in total. The maximum Gasteiger partial charge on any atom is 0.167 e. The van der Waals surface area contributed by atoms with Gasteiger partial charge < -0.3 is 0 Å². The van der Waals surface area contributed by atoms with Gasteiger partial charge in [0.15, 0.2) is 17.5 Å². The molecule has 0 aliphatic heterocycles. The number of fused-ring (bicyclic) bond motifs is 7. The van der Waals surface area contributed by atoms with Crippen LogP contribution in [-0.4, -0.2) is 34.9 Å². The third-order valence-electron chi connectivity index (χ3n) is 10.6. The van der Waals surface area contributed by atoms with Crippen LogP contribution in [0.5, 0.6) is 0 Å². The predicted molar refractivity (Wildman–Crippen MR) is 226 cm³/mol. The lowest BCUT2D eigenvalue weighted by molar-refractivity contribution is 0.628. The average Bonchev–Trinajstić information content (AvgIpc) is 3.28. The molecule has 58 heavy (non-hydrogen) atoms. The molecule has 5 heterocycles. The Kier molecular flexibility index (Phi) is 7.72. The fraction of sp³-hybridized carbons (Fsp3) is 0. The number of rotatable bonds is 5. The third kappa shape index (κ3) is 5.76. The standard InChI is InChI=1S/C49H27F2N7/c50-41-17-15-32(37-22-34-12-10-29-7-3-19-52-43(29)45(34)54-26-37)24-39(41)48-56-47(36-14-9-28-5-1-2-6-31(28)21-36)57-49(58-48)40-25-33(16-18-42(40)51)38-23-35-13-11-30-8-4-20-53-44(30)46(35)55-27-38/h1-27H. The van der Waals surface area contributed by atoms with Gasteiger partial charge >= 0.3 is 0 Å². The Morgan fingerprint density at radius 2 is 0.741 bits per heavy atom. The minimum absolute atomic E-state index is 0.0630. The SMILES string of the molecule is Fc1ccc(-c2cnc3c(ccc4cccnc43)c2)cc1-c1nc(-c2ccc3ccccc3c2)nc(-c2cc(-c3cnc4c(ccc5cccnc54)c3)ccc2F)n1. The van der Waals surface area contributed by atoms with Crippen LogP contribution >= 0.6 is 0 Å². The van der Waals surface area contributed by atoms with E-state index in [1.54, 1.807) is 49.1 Å². The molecule has 0 aliphatic carbocycles. The molecule has 0 bridgehead atoms. The van der Waals surface area contributed by atoms with E-state index in [2.05, 4.69) is 9.97 Å². The molecule has 0 atom stereocenters. The van der Waals surface area contributed by atoms with E-state index in [-0.39, 0.29) is 28.6 Å². The first-order valence-corrected chi connectivity index (χ1v) is 18.7. The first-order chi connectivity index (χ1) is 28.5. The van der Waals surface area contributed by atoms with Crippen LogP contribution in [0.25, 0.3) is 111 Å². The van der Waals surface area contributed by atoms with E-state index < -0.39 is 11.6 Å². The van der Waals surface area contributed by atoms with Crippen molar-refractivity contribution in [3.63, 3.8) is 0 Å². The maximum absolute atomic E-state index is 16.1. The van der Waals surface area contributed by atoms with Crippen molar-refractivity contribution in [2.24, 2.45) is 0 Å². The van der Waals surface area contributed by atoms with Gasteiger partial charge in [0.1, 0.15) is 11.6 Å². The maximum atomic E-state index is 16.1.